The van der Waals surface area contributed by atoms with Crippen molar-refractivity contribution >= 4 is 5.91 Å². The van der Waals surface area contributed by atoms with E-state index in [0.29, 0.717) is 19.3 Å². The molecule has 2 saturated heterocycles. The first-order valence-electron chi connectivity index (χ1n) is 5.17. The number of hydrogen-bond donors (Lipinski definition) is 1. The molecule has 0 saturated carbocycles. The molecule has 1 N–H and O–H groups in total. The van der Waals surface area contributed by atoms with Crippen molar-refractivity contribution in [3.8, 4) is 0 Å². The van der Waals surface area contributed by atoms with Gasteiger partial charge in [-0.2, -0.15) is 0 Å². The van der Waals surface area contributed by atoms with Crippen LogP contribution in [0.25, 0.3) is 0 Å². The number of carbonyl (C=O) groups is 1. The van der Waals surface area contributed by atoms with Crippen LogP contribution in [0, 0.1) is 5.92 Å². The van der Waals surface area contributed by atoms with Gasteiger partial charge >= 0.3 is 0 Å². The number of carbonyl (C=O) groups excluding carboxylic acids is 1. The Morgan fingerprint density at radius 3 is 2.57 bits per heavy atom. The van der Waals surface area contributed by atoms with E-state index >= 15 is 0 Å². The molecule has 0 aromatic rings. The molecule has 0 bridgehead atoms. The summed E-state index contributed by atoms with van der Waals surface area (Å²) in [6.07, 6.45) is 1.70. The van der Waals surface area contributed by atoms with Crippen LogP contribution in [0.2, 0.25) is 0 Å². The molecule has 0 aliphatic carbocycles. The van der Waals surface area contributed by atoms with Crippen molar-refractivity contribution in [2.45, 2.75) is 38.5 Å². The topological polar surface area (TPSA) is 47.6 Å². The molecule has 0 radical (unpaired) electrons. The monoisotopic (exact) mass is 199 g/mol. The van der Waals surface area contributed by atoms with Crippen molar-refractivity contribution in [1.82, 2.24) is 5.32 Å². The molecule has 0 unspecified atom stereocenters. The van der Waals surface area contributed by atoms with Gasteiger partial charge in [0.25, 0.3) is 0 Å². The number of amides is 1. The second-order valence-corrected chi connectivity index (χ2v) is 4.40. The molecule has 4 nitrogen and oxygen atoms in total. The average molecular weight is 199 g/mol. The number of nitrogens with one attached hydrogen (secondary N) is 1. The van der Waals surface area contributed by atoms with Crippen LogP contribution in [0.3, 0.4) is 0 Å². The summed E-state index contributed by atoms with van der Waals surface area (Å²) in [5.74, 6) is -0.196. The Kier molecular flexibility index (Phi) is 2.49. The SMILES string of the molecule is CC1(C)OCC[C@@H]2NC(=O)[C@@H]2CCO1. The summed E-state index contributed by atoms with van der Waals surface area (Å²) in [4.78, 5) is 11.2. The molecule has 2 heterocycles. The zero-order valence-corrected chi connectivity index (χ0v) is 8.71. The lowest BCUT2D eigenvalue weighted by molar-refractivity contribution is -0.211. The van der Waals surface area contributed by atoms with Gasteiger partial charge in [-0.1, -0.05) is 0 Å². The first kappa shape index (κ1) is 9.93. The maximum atomic E-state index is 11.2. The zero-order chi connectivity index (χ0) is 10.2. The van der Waals surface area contributed by atoms with Gasteiger partial charge in [-0.05, 0) is 26.7 Å². The molecule has 2 rings (SSSR count). The molecule has 2 aliphatic rings. The maximum absolute atomic E-state index is 11.2. The third kappa shape index (κ3) is 1.91. The van der Waals surface area contributed by atoms with Gasteiger partial charge in [-0.15, -0.1) is 0 Å². The fraction of sp³-hybridized carbons (Fsp3) is 0.900. The predicted molar refractivity (Wildman–Crippen MR) is 50.6 cm³/mol. The molecule has 4 heteroatoms. The molecule has 0 aromatic carbocycles. The van der Waals surface area contributed by atoms with E-state index in [1.165, 1.54) is 0 Å². The summed E-state index contributed by atoms with van der Waals surface area (Å²) in [6, 6.07) is 0.306. The lowest BCUT2D eigenvalue weighted by Crippen LogP contribution is -2.58. The van der Waals surface area contributed by atoms with E-state index in [2.05, 4.69) is 5.32 Å². The van der Waals surface area contributed by atoms with Crippen LogP contribution in [-0.2, 0) is 14.3 Å². The van der Waals surface area contributed by atoms with Crippen molar-refractivity contribution in [3.05, 3.63) is 0 Å². The Morgan fingerprint density at radius 1 is 1.29 bits per heavy atom. The van der Waals surface area contributed by atoms with E-state index in [1.807, 2.05) is 13.8 Å². The van der Waals surface area contributed by atoms with Crippen LogP contribution in [0.1, 0.15) is 26.7 Å². The summed E-state index contributed by atoms with van der Waals surface area (Å²) >= 11 is 0. The van der Waals surface area contributed by atoms with Gasteiger partial charge in [0.15, 0.2) is 5.79 Å². The van der Waals surface area contributed by atoms with Gasteiger partial charge in [-0.3, -0.25) is 4.79 Å². The Bertz CT molecular complexity index is 240. The highest BCUT2D eigenvalue weighted by molar-refractivity contribution is 5.85. The smallest absolute Gasteiger partial charge is 0.225 e. The van der Waals surface area contributed by atoms with Crippen LogP contribution < -0.4 is 5.32 Å². The number of ether oxygens (including phenoxy) is 2. The fourth-order valence-electron chi connectivity index (χ4n) is 1.99. The van der Waals surface area contributed by atoms with E-state index in [0.717, 1.165) is 12.8 Å². The van der Waals surface area contributed by atoms with E-state index < -0.39 is 5.79 Å². The summed E-state index contributed by atoms with van der Waals surface area (Å²) in [6.45, 7) is 5.07. The van der Waals surface area contributed by atoms with Gasteiger partial charge in [0.05, 0.1) is 19.1 Å². The van der Waals surface area contributed by atoms with Crippen molar-refractivity contribution in [2.75, 3.05) is 13.2 Å². The van der Waals surface area contributed by atoms with E-state index in [1.54, 1.807) is 0 Å². The molecule has 1 amide bonds. The minimum absolute atomic E-state index is 0.146. The standard InChI is InChI=1S/C10H17NO3/c1-10(2)13-5-3-7-8(4-6-14-10)11-9(7)12/h7-8H,3-6H2,1-2H3,(H,11,12)/t7-,8+/m1/s1. The molecule has 2 atom stereocenters. The molecular formula is C10H17NO3. The van der Waals surface area contributed by atoms with E-state index in [4.69, 9.17) is 9.47 Å². The van der Waals surface area contributed by atoms with Gasteiger partial charge < -0.3 is 14.8 Å². The van der Waals surface area contributed by atoms with Crippen molar-refractivity contribution < 1.29 is 14.3 Å². The average Bonchev–Trinajstić information content (AvgIpc) is 2.15. The first-order chi connectivity index (χ1) is 6.58. The molecule has 2 aliphatic heterocycles. The molecule has 0 spiro atoms. The quantitative estimate of drug-likeness (QED) is 0.583. The van der Waals surface area contributed by atoms with E-state index in [9.17, 15) is 4.79 Å². The Morgan fingerprint density at radius 2 is 1.93 bits per heavy atom. The summed E-state index contributed by atoms with van der Waals surface area (Å²) < 4.78 is 11.1. The highest BCUT2D eigenvalue weighted by Crippen LogP contribution is 2.25. The normalized spacial score (nSPS) is 36.9. The minimum atomic E-state index is -0.507. The first-order valence-corrected chi connectivity index (χ1v) is 5.17. The number of β-lactam (4-membered cyclic amide) rings is 1. The molecule has 14 heavy (non-hydrogen) atoms. The number of fused-ring (bicyclic) bond motifs is 1. The summed E-state index contributed by atoms with van der Waals surface area (Å²) in [7, 11) is 0. The second kappa shape index (κ2) is 3.51. The van der Waals surface area contributed by atoms with Gasteiger partial charge in [-0.25, -0.2) is 0 Å². The van der Waals surface area contributed by atoms with Gasteiger partial charge in [0, 0.05) is 6.04 Å². The lowest BCUT2D eigenvalue weighted by atomic mass is 9.86. The third-order valence-electron chi connectivity index (χ3n) is 2.91. The number of hydrogen-bond acceptors (Lipinski definition) is 3. The van der Waals surface area contributed by atoms with Crippen molar-refractivity contribution in [3.63, 3.8) is 0 Å². The summed E-state index contributed by atoms with van der Waals surface area (Å²) in [5.41, 5.74) is 0. The fourth-order valence-corrected chi connectivity index (χ4v) is 1.99. The predicted octanol–water partition coefficient (Wildman–Crippen LogP) is 0.664. The Hall–Kier alpha value is -0.610. The van der Waals surface area contributed by atoms with Crippen molar-refractivity contribution in [2.24, 2.45) is 5.92 Å². The lowest BCUT2D eigenvalue weighted by Gasteiger charge is -2.36. The molecule has 80 valence electrons. The van der Waals surface area contributed by atoms with Crippen LogP contribution in [-0.4, -0.2) is 30.9 Å². The second-order valence-electron chi connectivity index (χ2n) is 4.40. The highest BCUT2D eigenvalue weighted by atomic mass is 16.7. The number of rotatable bonds is 0. The van der Waals surface area contributed by atoms with Crippen LogP contribution in [0.4, 0.5) is 0 Å². The largest absolute Gasteiger partial charge is 0.352 e. The van der Waals surface area contributed by atoms with Crippen LogP contribution in [0.15, 0.2) is 0 Å². The van der Waals surface area contributed by atoms with Crippen LogP contribution in [0.5, 0.6) is 0 Å². The summed E-state index contributed by atoms with van der Waals surface area (Å²) in [5, 5.41) is 2.89. The maximum Gasteiger partial charge on any atom is 0.225 e. The molecule has 2 fully saturated rings. The zero-order valence-electron chi connectivity index (χ0n) is 8.71. The Labute approximate surface area is 84.0 Å². The van der Waals surface area contributed by atoms with Gasteiger partial charge in [0.1, 0.15) is 0 Å². The molecule has 0 aromatic heterocycles. The molecular weight excluding hydrogens is 182 g/mol. The van der Waals surface area contributed by atoms with Crippen LogP contribution >= 0.6 is 0 Å². The van der Waals surface area contributed by atoms with Gasteiger partial charge in [0.2, 0.25) is 5.91 Å². The van der Waals surface area contributed by atoms with E-state index in [-0.39, 0.29) is 11.8 Å². The third-order valence-corrected chi connectivity index (χ3v) is 2.91. The van der Waals surface area contributed by atoms with Crippen molar-refractivity contribution in [1.29, 1.82) is 0 Å². The Balaban J connectivity index is 1.95. The highest BCUT2D eigenvalue weighted by Gasteiger charge is 2.39. The minimum Gasteiger partial charge on any atom is -0.352 e.